The molecule has 266 valence electrons. The summed E-state index contributed by atoms with van der Waals surface area (Å²) in [5.74, 6) is 6.30. The van der Waals surface area contributed by atoms with Gasteiger partial charge in [-0.2, -0.15) is 23.3 Å². The zero-order chi connectivity index (χ0) is 36.4. The Bertz CT molecular complexity index is 2130. The van der Waals surface area contributed by atoms with Crippen LogP contribution in [0.3, 0.4) is 0 Å². The van der Waals surface area contributed by atoms with Crippen LogP contribution in [0.2, 0.25) is 5.02 Å². The van der Waals surface area contributed by atoms with Crippen LogP contribution in [0.4, 0.5) is 24.5 Å². The van der Waals surface area contributed by atoms with Crippen molar-refractivity contribution >= 4 is 40.6 Å². The molecule has 0 saturated heterocycles. The van der Waals surface area contributed by atoms with Gasteiger partial charge in [-0.05, 0) is 43.2 Å². The highest BCUT2D eigenvalue weighted by Crippen LogP contribution is 2.35. The van der Waals surface area contributed by atoms with Gasteiger partial charge in [-0.3, -0.25) is 24.1 Å². The molecule has 1 aromatic carbocycles. The van der Waals surface area contributed by atoms with Gasteiger partial charge in [0.15, 0.2) is 5.82 Å². The lowest BCUT2D eigenvalue weighted by molar-refractivity contribution is -0.119. The molecular weight excluding hydrogens is 691 g/mol. The number of carbonyl (C=O) groups excluding carboxylic acids is 1. The number of hydrogen-bond acceptors (Lipinski definition) is 11. The number of anilines is 2. The van der Waals surface area contributed by atoms with Crippen molar-refractivity contribution in [2.45, 2.75) is 38.4 Å². The van der Waals surface area contributed by atoms with Crippen LogP contribution in [0, 0.1) is 5.92 Å². The lowest BCUT2D eigenvalue weighted by Crippen LogP contribution is -2.30. The first-order valence-corrected chi connectivity index (χ1v) is 16.1. The number of carbonyl (C=O) groups is 1. The first-order valence-electron chi connectivity index (χ1n) is 15.7. The maximum atomic E-state index is 13.8. The smallest absolute Gasteiger partial charge is 0.432 e. The number of rotatable bonds is 5. The molecule has 2 aliphatic heterocycles. The van der Waals surface area contributed by atoms with Crippen molar-refractivity contribution in [3.05, 3.63) is 94.3 Å². The highest BCUT2D eigenvalue weighted by Gasteiger charge is 2.32. The van der Waals surface area contributed by atoms with Crippen molar-refractivity contribution in [2.75, 3.05) is 24.0 Å². The van der Waals surface area contributed by atoms with Crippen LogP contribution in [-0.2, 0) is 9.53 Å². The highest BCUT2D eigenvalue weighted by atomic mass is 35.5. The second-order valence-electron chi connectivity index (χ2n) is 11.9. The van der Waals surface area contributed by atoms with E-state index in [4.69, 9.17) is 33.0 Å². The number of amides is 1. The fraction of sp³-hybridized carbons (Fsp3) is 0.273. The Labute approximate surface area is 294 Å². The molecule has 2 unspecified atom stereocenters. The SMILES string of the molecule is COC1=NC(n2cc3c(n2)-c2ccnc(c2)C(n2cnc(-c4cc(Cl)ccc4N(N)/C=C(\N)C(F)(F)F)cc2=O)CCCC(C)C(=O)N3)=CNC1. The Morgan fingerprint density at radius 3 is 2.71 bits per heavy atom. The fourth-order valence-electron chi connectivity index (χ4n) is 5.69. The summed E-state index contributed by atoms with van der Waals surface area (Å²) < 4.78 is 47.6. The molecule has 6 rings (SSSR count). The molecule has 0 radical (unpaired) electrons. The topological polar surface area (TPSA) is 184 Å². The lowest BCUT2D eigenvalue weighted by Gasteiger charge is -2.22. The zero-order valence-corrected chi connectivity index (χ0v) is 28.1. The standard InChI is InChI=1S/C33H33ClF3N11O3/c1-18-4-3-5-26(46-17-42-22(12-30(46)49)21-11-20(34)6-7-25(21)47(39)16-27(38)33(35,36)37)23-10-19(8-9-41-23)31-24(43-32(18)50)15-48(45-31)28-13-40-14-29(44-28)51-2/h6-13,15-18,26,40H,3-5,14,38-39H2,1-2H3,(H,43,50)/b27-16-. The monoisotopic (exact) mass is 723 g/mol. The Kier molecular flexibility index (Phi) is 9.84. The van der Waals surface area contributed by atoms with Crippen LogP contribution in [0.1, 0.15) is 37.9 Å². The third-order valence-corrected chi connectivity index (χ3v) is 8.65. The number of nitrogens with one attached hydrogen (secondary N) is 2. The fourth-order valence-corrected chi connectivity index (χ4v) is 5.87. The van der Waals surface area contributed by atoms with Crippen molar-refractivity contribution in [1.29, 1.82) is 0 Å². The van der Waals surface area contributed by atoms with Crippen molar-refractivity contribution in [3.8, 4) is 22.5 Å². The first-order chi connectivity index (χ1) is 24.3. The van der Waals surface area contributed by atoms with E-state index in [1.807, 2.05) is 6.92 Å². The molecule has 2 atom stereocenters. The van der Waals surface area contributed by atoms with Crippen LogP contribution < -0.4 is 32.8 Å². The summed E-state index contributed by atoms with van der Waals surface area (Å²) in [6, 6.07) is 8.46. The normalized spacial score (nSPS) is 18.3. The van der Waals surface area contributed by atoms with Gasteiger partial charge in [0.1, 0.15) is 11.4 Å². The van der Waals surface area contributed by atoms with E-state index in [1.165, 1.54) is 47.0 Å². The summed E-state index contributed by atoms with van der Waals surface area (Å²) in [5.41, 5.74) is 5.78. The van der Waals surface area contributed by atoms with E-state index in [9.17, 15) is 22.8 Å². The number of alkyl halides is 3. The summed E-state index contributed by atoms with van der Waals surface area (Å²) in [4.78, 5) is 40.7. The second-order valence-corrected chi connectivity index (χ2v) is 12.3. The number of fused-ring (bicyclic) bond motifs is 4. The number of hydrazine groups is 1. The molecule has 0 fully saturated rings. The van der Waals surface area contributed by atoms with E-state index in [0.29, 0.717) is 71.4 Å². The summed E-state index contributed by atoms with van der Waals surface area (Å²) in [5, 5.41) is 11.8. The number of pyridine rings is 1. The summed E-state index contributed by atoms with van der Waals surface area (Å²) in [6.07, 6.45) is 3.53. The summed E-state index contributed by atoms with van der Waals surface area (Å²) >= 11 is 6.23. The van der Waals surface area contributed by atoms with Crippen LogP contribution >= 0.6 is 11.6 Å². The van der Waals surface area contributed by atoms with E-state index in [1.54, 1.807) is 30.7 Å². The van der Waals surface area contributed by atoms with Crippen molar-refractivity contribution in [2.24, 2.45) is 22.5 Å². The minimum Gasteiger partial charge on any atom is -0.483 e. The van der Waals surface area contributed by atoms with E-state index in [2.05, 4.69) is 25.6 Å². The number of hydrogen-bond donors (Lipinski definition) is 4. The van der Waals surface area contributed by atoms with Gasteiger partial charge >= 0.3 is 6.18 Å². The third-order valence-electron chi connectivity index (χ3n) is 8.41. The molecule has 2 bridgehead atoms. The third kappa shape index (κ3) is 7.58. The largest absolute Gasteiger partial charge is 0.483 e. The molecule has 6 N–H and O–H groups in total. The number of nitrogens with two attached hydrogens (primary N) is 2. The van der Waals surface area contributed by atoms with E-state index < -0.39 is 23.5 Å². The summed E-state index contributed by atoms with van der Waals surface area (Å²) in [7, 11) is 1.52. The first kappa shape index (κ1) is 35.2. The molecule has 0 aliphatic carbocycles. The number of ether oxygens (including phenoxy) is 1. The number of nitrogens with zero attached hydrogens (tertiary/aromatic N) is 7. The molecule has 1 amide bonds. The molecular formula is C33H33ClF3N11O3. The molecule has 18 heteroatoms. The van der Waals surface area contributed by atoms with Gasteiger partial charge in [0, 0.05) is 46.7 Å². The molecule has 0 saturated carbocycles. The van der Waals surface area contributed by atoms with Gasteiger partial charge in [0.25, 0.3) is 5.56 Å². The Morgan fingerprint density at radius 1 is 1.16 bits per heavy atom. The van der Waals surface area contributed by atoms with E-state index in [0.717, 1.165) is 0 Å². The van der Waals surface area contributed by atoms with Gasteiger partial charge in [-0.15, -0.1) is 0 Å². The quantitative estimate of drug-likeness (QED) is 0.168. The molecule has 51 heavy (non-hydrogen) atoms. The van der Waals surface area contributed by atoms with Crippen LogP contribution in [0.5, 0.6) is 0 Å². The molecule has 14 nitrogen and oxygen atoms in total. The number of methoxy groups -OCH3 is 1. The lowest BCUT2D eigenvalue weighted by atomic mass is 9.97. The average Bonchev–Trinajstić information content (AvgIpc) is 3.53. The maximum Gasteiger partial charge on any atom is 0.432 e. The molecule has 4 aromatic rings. The number of aromatic nitrogens is 5. The van der Waals surface area contributed by atoms with Crippen LogP contribution in [0.25, 0.3) is 28.3 Å². The number of allylic oxidation sites excluding steroid dienone is 1. The molecule has 5 heterocycles. The van der Waals surface area contributed by atoms with Crippen molar-refractivity contribution in [1.82, 2.24) is 29.6 Å². The predicted molar refractivity (Wildman–Crippen MR) is 186 cm³/mol. The van der Waals surface area contributed by atoms with Gasteiger partial charge in [-0.1, -0.05) is 24.9 Å². The maximum absolute atomic E-state index is 13.8. The Hall–Kier alpha value is -5.68. The molecule has 2 aliphatic rings. The van der Waals surface area contributed by atoms with Crippen LogP contribution in [0.15, 0.2) is 83.0 Å². The number of benzene rings is 1. The predicted octanol–water partition coefficient (Wildman–Crippen LogP) is 4.62. The van der Waals surface area contributed by atoms with Gasteiger partial charge < -0.3 is 21.1 Å². The second kappa shape index (κ2) is 14.3. The average molecular weight is 724 g/mol. The van der Waals surface area contributed by atoms with Crippen molar-refractivity contribution < 1.29 is 22.7 Å². The van der Waals surface area contributed by atoms with Gasteiger partial charge in [0.05, 0.1) is 55.0 Å². The minimum absolute atomic E-state index is 0.0723. The highest BCUT2D eigenvalue weighted by molar-refractivity contribution is 6.31. The number of halogens is 4. The zero-order valence-electron chi connectivity index (χ0n) is 27.4. The van der Waals surface area contributed by atoms with E-state index >= 15 is 0 Å². The number of aliphatic imine (C=N–C) groups is 1. The van der Waals surface area contributed by atoms with Gasteiger partial charge in [-0.25, -0.2) is 15.5 Å². The van der Waals surface area contributed by atoms with Gasteiger partial charge in [0.2, 0.25) is 11.8 Å². The van der Waals surface area contributed by atoms with E-state index in [-0.39, 0.29) is 33.8 Å². The molecule has 0 spiro atoms. The van der Waals surface area contributed by atoms with Crippen molar-refractivity contribution in [3.63, 3.8) is 0 Å². The molecule has 3 aromatic heterocycles. The summed E-state index contributed by atoms with van der Waals surface area (Å²) in [6.45, 7) is 2.24. The van der Waals surface area contributed by atoms with Crippen LogP contribution in [-0.4, -0.2) is 56.0 Å². The minimum atomic E-state index is -4.81. The Balaban J connectivity index is 1.40. The Morgan fingerprint density at radius 2 is 1.96 bits per heavy atom.